The molecule has 0 aliphatic heterocycles. The summed E-state index contributed by atoms with van der Waals surface area (Å²) in [6, 6.07) is 1.97. The van der Waals surface area contributed by atoms with Gasteiger partial charge in [0.2, 0.25) is 5.91 Å². The molecule has 108 valence electrons. The molecule has 1 heterocycles. The van der Waals surface area contributed by atoms with Crippen LogP contribution in [0.4, 0.5) is 0 Å². The van der Waals surface area contributed by atoms with Gasteiger partial charge in [-0.3, -0.25) is 9.48 Å². The van der Waals surface area contributed by atoms with Crippen LogP contribution in [0.2, 0.25) is 0 Å². The normalized spacial score (nSPS) is 12.4. The quantitative estimate of drug-likeness (QED) is 0.706. The molecule has 19 heavy (non-hydrogen) atoms. The van der Waals surface area contributed by atoms with Gasteiger partial charge in [-0.25, -0.2) is 0 Å². The number of nitrogens with zero attached hydrogens (tertiary/aromatic N) is 2. The Morgan fingerprint density at radius 2 is 2.32 bits per heavy atom. The monoisotopic (exact) mass is 266 g/mol. The molecule has 0 aliphatic rings. The van der Waals surface area contributed by atoms with Crippen LogP contribution in [-0.2, 0) is 18.3 Å². The van der Waals surface area contributed by atoms with Gasteiger partial charge >= 0.3 is 0 Å². The van der Waals surface area contributed by atoms with Crippen molar-refractivity contribution in [2.45, 2.75) is 39.0 Å². The molecule has 1 amide bonds. The van der Waals surface area contributed by atoms with Crippen molar-refractivity contribution in [2.24, 2.45) is 18.7 Å². The maximum absolute atomic E-state index is 11.7. The number of aryl methyl sites for hydroxylation is 1. The third-order valence-corrected chi connectivity index (χ3v) is 3.40. The summed E-state index contributed by atoms with van der Waals surface area (Å²) in [5.41, 5.74) is 6.56. The van der Waals surface area contributed by atoms with Crippen molar-refractivity contribution in [3.05, 3.63) is 18.0 Å². The summed E-state index contributed by atoms with van der Waals surface area (Å²) in [5.74, 6) is 0.706. The summed E-state index contributed by atoms with van der Waals surface area (Å²) in [6.45, 7) is 3.52. The molecule has 0 saturated carbocycles. The fraction of sp³-hybridized carbons (Fsp3) is 0.714. The summed E-state index contributed by atoms with van der Waals surface area (Å²) in [6.07, 6.45) is 6.34. The molecular formula is C14H26N4O. The largest absolute Gasteiger partial charge is 0.356 e. The first-order valence-corrected chi connectivity index (χ1v) is 7.11. The SMILES string of the molecule is CCC(CCN)CCC(=O)NCCc1ccn(C)n1. The van der Waals surface area contributed by atoms with Crippen LogP contribution >= 0.6 is 0 Å². The van der Waals surface area contributed by atoms with Crippen molar-refractivity contribution in [1.29, 1.82) is 0 Å². The van der Waals surface area contributed by atoms with Gasteiger partial charge in [0.1, 0.15) is 0 Å². The van der Waals surface area contributed by atoms with E-state index in [4.69, 9.17) is 5.73 Å². The molecule has 0 radical (unpaired) electrons. The molecule has 1 aromatic heterocycles. The van der Waals surface area contributed by atoms with E-state index in [0.717, 1.165) is 31.4 Å². The van der Waals surface area contributed by atoms with Gasteiger partial charge in [0.15, 0.2) is 0 Å². The number of nitrogens with one attached hydrogen (secondary N) is 1. The molecular weight excluding hydrogens is 240 g/mol. The zero-order chi connectivity index (χ0) is 14.1. The van der Waals surface area contributed by atoms with E-state index in [2.05, 4.69) is 17.3 Å². The maximum Gasteiger partial charge on any atom is 0.220 e. The molecule has 1 aromatic rings. The second-order valence-corrected chi connectivity index (χ2v) is 4.97. The van der Waals surface area contributed by atoms with E-state index in [1.807, 2.05) is 19.3 Å². The van der Waals surface area contributed by atoms with Crippen molar-refractivity contribution in [3.63, 3.8) is 0 Å². The third-order valence-electron chi connectivity index (χ3n) is 3.40. The maximum atomic E-state index is 11.7. The Kier molecular flexibility index (Phi) is 7.18. The number of nitrogens with two attached hydrogens (primary N) is 1. The molecule has 0 spiro atoms. The van der Waals surface area contributed by atoms with E-state index in [-0.39, 0.29) is 5.91 Å². The van der Waals surface area contributed by atoms with Gasteiger partial charge in [0.05, 0.1) is 5.69 Å². The lowest BCUT2D eigenvalue weighted by Gasteiger charge is -2.13. The minimum absolute atomic E-state index is 0.131. The Morgan fingerprint density at radius 1 is 1.53 bits per heavy atom. The highest BCUT2D eigenvalue weighted by Gasteiger charge is 2.08. The standard InChI is InChI=1S/C14H26N4O/c1-3-12(6-9-15)4-5-14(19)16-10-7-13-8-11-18(2)17-13/h8,11-12H,3-7,9-10,15H2,1-2H3,(H,16,19). The zero-order valence-electron chi connectivity index (χ0n) is 12.1. The lowest BCUT2D eigenvalue weighted by atomic mass is 9.96. The van der Waals surface area contributed by atoms with Crippen molar-refractivity contribution in [3.8, 4) is 0 Å². The smallest absolute Gasteiger partial charge is 0.220 e. The summed E-state index contributed by atoms with van der Waals surface area (Å²) in [5, 5.41) is 7.21. The molecule has 0 bridgehead atoms. The average Bonchev–Trinajstić information content (AvgIpc) is 2.80. The number of carbonyl (C=O) groups excluding carboxylic acids is 1. The highest BCUT2D eigenvalue weighted by atomic mass is 16.1. The van der Waals surface area contributed by atoms with Crippen LogP contribution in [-0.4, -0.2) is 28.8 Å². The predicted molar refractivity (Wildman–Crippen MR) is 76.6 cm³/mol. The Bertz CT molecular complexity index is 375. The van der Waals surface area contributed by atoms with E-state index in [1.54, 1.807) is 4.68 Å². The van der Waals surface area contributed by atoms with E-state index in [0.29, 0.717) is 25.4 Å². The van der Waals surface area contributed by atoms with Gasteiger partial charge in [-0.15, -0.1) is 0 Å². The molecule has 5 heteroatoms. The fourth-order valence-electron chi connectivity index (χ4n) is 2.14. The van der Waals surface area contributed by atoms with Gasteiger partial charge in [-0.05, 0) is 31.4 Å². The first-order valence-electron chi connectivity index (χ1n) is 7.11. The number of aromatic nitrogens is 2. The minimum Gasteiger partial charge on any atom is -0.356 e. The molecule has 5 nitrogen and oxygen atoms in total. The van der Waals surface area contributed by atoms with Crippen LogP contribution < -0.4 is 11.1 Å². The number of hydrogen-bond acceptors (Lipinski definition) is 3. The van der Waals surface area contributed by atoms with E-state index >= 15 is 0 Å². The van der Waals surface area contributed by atoms with E-state index < -0.39 is 0 Å². The highest BCUT2D eigenvalue weighted by Crippen LogP contribution is 2.14. The fourth-order valence-corrected chi connectivity index (χ4v) is 2.14. The van der Waals surface area contributed by atoms with Crippen molar-refractivity contribution >= 4 is 5.91 Å². The molecule has 3 N–H and O–H groups in total. The zero-order valence-corrected chi connectivity index (χ0v) is 12.1. The summed E-state index contributed by atoms with van der Waals surface area (Å²) < 4.78 is 1.77. The van der Waals surface area contributed by atoms with E-state index in [9.17, 15) is 4.79 Å². The third kappa shape index (κ3) is 6.38. The van der Waals surface area contributed by atoms with E-state index in [1.165, 1.54) is 0 Å². The molecule has 0 saturated heterocycles. The molecule has 1 rings (SSSR count). The molecule has 1 unspecified atom stereocenters. The number of amides is 1. The lowest BCUT2D eigenvalue weighted by molar-refractivity contribution is -0.121. The minimum atomic E-state index is 0.131. The number of rotatable bonds is 9. The Hall–Kier alpha value is -1.36. The van der Waals surface area contributed by atoms with Crippen LogP contribution in [0.5, 0.6) is 0 Å². The number of carbonyl (C=O) groups is 1. The molecule has 0 aromatic carbocycles. The first kappa shape index (κ1) is 15.7. The Labute approximate surface area is 115 Å². The van der Waals surface area contributed by atoms with Crippen LogP contribution in [0.15, 0.2) is 12.3 Å². The highest BCUT2D eigenvalue weighted by molar-refractivity contribution is 5.75. The Morgan fingerprint density at radius 3 is 2.89 bits per heavy atom. The summed E-state index contributed by atoms with van der Waals surface area (Å²) >= 11 is 0. The average molecular weight is 266 g/mol. The molecule has 0 aliphatic carbocycles. The second kappa shape index (κ2) is 8.69. The Balaban J connectivity index is 2.14. The number of hydrogen-bond donors (Lipinski definition) is 2. The molecule has 1 atom stereocenters. The van der Waals surface area contributed by atoms with Gasteiger partial charge < -0.3 is 11.1 Å². The van der Waals surface area contributed by atoms with Crippen LogP contribution in [0.3, 0.4) is 0 Å². The second-order valence-electron chi connectivity index (χ2n) is 4.97. The van der Waals surface area contributed by atoms with Gasteiger partial charge in [0.25, 0.3) is 0 Å². The predicted octanol–water partition coefficient (Wildman–Crippen LogP) is 1.23. The first-order chi connectivity index (χ1) is 9.15. The topological polar surface area (TPSA) is 72.9 Å². The lowest BCUT2D eigenvalue weighted by Crippen LogP contribution is -2.26. The van der Waals surface area contributed by atoms with Gasteiger partial charge in [-0.2, -0.15) is 5.10 Å². The van der Waals surface area contributed by atoms with Gasteiger partial charge in [0, 0.05) is 32.6 Å². The summed E-state index contributed by atoms with van der Waals surface area (Å²) in [7, 11) is 1.89. The van der Waals surface area contributed by atoms with Crippen molar-refractivity contribution in [1.82, 2.24) is 15.1 Å². The van der Waals surface area contributed by atoms with Crippen LogP contribution in [0, 0.1) is 5.92 Å². The van der Waals surface area contributed by atoms with Crippen LogP contribution in [0.25, 0.3) is 0 Å². The van der Waals surface area contributed by atoms with Gasteiger partial charge in [-0.1, -0.05) is 13.3 Å². The van der Waals surface area contributed by atoms with Crippen molar-refractivity contribution in [2.75, 3.05) is 13.1 Å². The summed E-state index contributed by atoms with van der Waals surface area (Å²) in [4.78, 5) is 11.7. The van der Waals surface area contributed by atoms with Crippen molar-refractivity contribution < 1.29 is 4.79 Å². The molecule has 0 fully saturated rings. The van der Waals surface area contributed by atoms with Crippen LogP contribution in [0.1, 0.15) is 38.3 Å².